The van der Waals surface area contributed by atoms with Gasteiger partial charge in [-0.25, -0.2) is 0 Å². The normalized spacial score (nSPS) is 14.7. The SMILES string of the molecule is CC(C)C(N)C(=O)NC(C(=O)NC(CCCN=C(N)N)C(=O)NCC(=O)O)C(C)O. The smallest absolute Gasteiger partial charge is 0.322 e. The Labute approximate surface area is 174 Å². The molecular weight excluding hydrogens is 398 g/mol. The van der Waals surface area contributed by atoms with Gasteiger partial charge in [-0.15, -0.1) is 0 Å². The van der Waals surface area contributed by atoms with Gasteiger partial charge in [0.05, 0.1) is 12.1 Å². The van der Waals surface area contributed by atoms with E-state index in [-0.39, 0.29) is 24.8 Å². The molecule has 0 spiro atoms. The van der Waals surface area contributed by atoms with E-state index in [4.69, 9.17) is 22.3 Å². The second-order valence-corrected chi connectivity index (χ2v) is 7.12. The number of carbonyl (C=O) groups is 4. The monoisotopic (exact) mass is 431 g/mol. The number of nitrogens with one attached hydrogen (secondary N) is 3. The van der Waals surface area contributed by atoms with E-state index >= 15 is 0 Å². The molecule has 0 aromatic carbocycles. The second-order valence-electron chi connectivity index (χ2n) is 7.12. The van der Waals surface area contributed by atoms with Gasteiger partial charge in [0, 0.05) is 6.54 Å². The van der Waals surface area contributed by atoms with Crippen LogP contribution in [0, 0.1) is 5.92 Å². The highest BCUT2D eigenvalue weighted by Gasteiger charge is 2.31. The van der Waals surface area contributed by atoms with Gasteiger partial charge in [-0.05, 0) is 25.7 Å². The summed E-state index contributed by atoms with van der Waals surface area (Å²) in [6.45, 7) is 4.28. The minimum atomic E-state index is -1.37. The third-order valence-electron chi connectivity index (χ3n) is 4.08. The first-order valence-electron chi connectivity index (χ1n) is 9.46. The predicted molar refractivity (Wildman–Crippen MR) is 109 cm³/mol. The number of carboxylic acid groups (broad SMARTS) is 1. The van der Waals surface area contributed by atoms with Crippen molar-refractivity contribution in [1.29, 1.82) is 0 Å². The van der Waals surface area contributed by atoms with E-state index in [1.807, 2.05) is 0 Å². The molecule has 0 fully saturated rings. The zero-order valence-electron chi connectivity index (χ0n) is 17.4. The molecule has 4 unspecified atom stereocenters. The van der Waals surface area contributed by atoms with E-state index in [1.165, 1.54) is 6.92 Å². The first kappa shape index (κ1) is 27.1. The number of carboxylic acids is 1. The van der Waals surface area contributed by atoms with Crippen LogP contribution in [0.2, 0.25) is 0 Å². The van der Waals surface area contributed by atoms with Crippen LogP contribution in [0.3, 0.4) is 0 Å². The van der Waals surface area contributed by atoms with Gasteiger partial charge in [-0.3, -0.25) is 24.2 Å². The molecule has 0 heterocycles. The Kier molecular flexibility index (Phi) is 12.0. The fourth-order valence-electron chi connectivity index (χ4n) is 2.28. The summed E-state index contributed by atoms with van der Waals surface area (Å²) < 4.78 is 0. The molecule has 0 bridgehead atoms. The van der Waals surface area contributed by atoms with Crippen molar-refractivity contribution in [2.75, 3.05) is 13.1 Å². The molecular formula is C17H33N7O6. The number of aliphatic carboxylic acids is 1. The quantitative estimate of drug-likeness (QED) is 0.0821. The van der Waals surface area contributed by atoms with Crippen LogP contribution in [0.25, 0.3) is 0 Å². The summed E-state index contributed by atoms with van der Waals surface area (Å²) in [5, 5.41) is 25.6. The maximum atomic E-state index is 12.6. The van der Waals surface area contributed by atoms with Crippen molar-refractivity contribution in [2.24, 2.45) is 28.1 Å². The lowest BCUT2D eigenvalue weighted by Gasteiger charge is -2.26. The van der Waals surface area contributed by atoms with Gasteiger partial charge in [-0.2, -0.15) is 0 Å². The minimum Gasteiger partial charge on any atom is -0.480 e. The summed E-state index contributed by atoms with van der Waals surface area (Å²) in [5.74, 6) is -3.80. The van der Waals surface area contributed by atoms with Crippen molar-refractivity contribution in [3.8, 4) is 0 Å². The Balaban J connectivity index is 5.24. The van der Waals surface area contributed by atoms with Gasteiger partial charge < -0.3 is 43.4 Å². The fraction of sp³-hybridized carbons (Fsp3) is 0.706. The Bertz CT molecular complexity index is 634. The highest BCUT2D eigenvalue weighted by atomic mass is 16.4. The molecule has 0 radical (unpaired) electrons. The van der Waals surface area contributed by atoms with Crippen molar-refractivity contribution >= 4 is 29.7 Å². The number of hydrogen-bond donors (Lipinski definition) is 8. The third kappa shape index (κ3) is 10.6. The van der Waals surface area contributed by atoms with Crippen LogP contribution in [0.4, 0.5) is 0 Å². The summed E-state index contributed by atoms with van der Waals surface area (Å²) in [4.78, 5) is 51.5. The number of rotatable bonds is 13. The van der Waals surface area contributed by atoms with E-state index in [1.54, 1.807) is 13.8 Å². The number of carbonyl (C=O) groups excluding carboxylic acids is 3. The largest absolute Gasteiger partial charge is 0.480 e. The molecule has 172 valence electrons. The summed E-state index contributed by atoms with van der Waals surface area (Å²) in [6.07, 6.45) is -0.898. The van der Waals surface area contributed by atoms with Crippen molar-refractivity contribution in [1.82, 2.24) is 16.0 Å². The first-order chi connectivity index (χ1) is 13.9. The fourth-order valence-corrected chi connectivity index (χ4v) is 2.28. The van der Waals surface area contributed by atoms with E-state index in [2.05, 4.69) is 20.9 Å². The highest BCUT2D eigenvalue weighted by Crippen LogP contribution is 2.04. The average Bonchev–Trinajstić information content (AvgIpc) is 2.64. The van der Waals surface area contributed by atoms with Crippen molar-refractivity contribution in [3.63, 3.8) is 0 Å². The van der Waals surface area contributed by atoms with E-state index in [9.17, 15) is 24.3 Å². The first-order valence-corrected chi connectivity index (χ1v) is 9.46. The molecule has 3 amide bonds. The zero-order valence-corrected chi connectivity index (χ0v) is 17.4. The van der Waals surface area contributed by atoms with Crippen LogP contribution >= 0.6 is 0 Å². The molecule has 30 heavy (non-hydrogen) atoms. The number of aliphatic hydroxyl groups is 1. The lowest BCUT2D eigenvalue weighted by Crippen LogP contribution is -2.59. The molecule has 0 saturated carbocycles. The predicted octanol–water partition coefficient (Wildman–Crippen LogP) is -3.43. The third-order valence-corrected chi connectivity index (χ3v) is 4.08. The number of amides is 3. The van der Waals surface area contributed by atoms with Crippen molar-refractivity contribution in [3.05, 3.63) is 0 Å². The molecule has 0 saturated heterocycles. The molecule has 0 aliphatic rings. The van der Waals surface area contributed by atoms with Gasteiger partial charge in [0.25, 0.3) is 0 Å². The molecule has 0 aromatic heterocycles. The van der Waals surface area contributed by atoms with Gasteiger partial charge in [-0.1, -0.05) is 13.8 Å². The van der Waals surface area contributed by atoms with Crippen molar-refractivity contribution in [2.45, 2.75) is 57.8 Å². The Morgan fingerprint density at radius 1 is 1.00 bits per heavy atom. The standard InChI is InChI=1S/C17H33N7O6/c1-8(2)12(18)15(29)24-13(9(3)25)16(30)23-10(5-4-6-21-17(19)20)14(28)22-7-11(26)27/h8-10,12-13,25H,4-7,18H2,1-3H3,(H,22,28)(H,23,30)(H,24,29)(H,26,27)(H4,19,20,21). The summed E-state index contributed by atoms with van der Waals surface area (Å²) in [5.41, 5.74) is 16.2. The summed E-state index contributed by atoms with van der Waals surface area (Å²) >= 11 is 0. The van der Waals surface area contributed by atoms with E-state index in [0.29, 0.717) is 6.42 Å². The number of nitrogens with zero attached hydrogens (tertiary/aromatic N) is 1. The maximum Gasteiger partial charge on any atom is 0.322 e. The van der Waals surface area contributed by atoms with Crippen LogP contribution in [0.15, 0.2) is 4.99 Å². The highest BCUT2D eigenvalue weighted by molar-refractivity contribution is 5.94. The Morgan fingerprint density at radius 2 is 1.60 bits per heavy atom. The van der Waals surface area contributed by atoms with Gasteiger partial charge in [0.2, 0.25) is 17.7 Å². The van der Waals surface area contributed by atoms with Crippen molar-refractivity contribution < 1.29 is 29.4 Å². The number of aliphatic hydroxyl groups excluding tert-OH is 1. The molecule has 11 N–H and O–H groups in total. The second kappa shape index (κ2) is 13.3. The molecule has 0 aliphatic heterocycles. The number of guanidine groups is 1. The molecule has 0 rings (SSSR count). The molecule has 0 aliphatic carbocycles. The number of nitrogens with two attached hydrogens (primary N) is 3. The molecule has 13 nitrogen and oxygen atoms in total. The number of aliphatic imine (C=N–C) groups is 1. The zero-order chi connectivity index (χ0) is 23.4. The summed E-state index contributed by atoms with van der Waals surface area (Å²) in [6, 6.07) is -3.40. The molecule has 13 heteroatoms. The van der Waals surface area contributed by atoms with Crippen LogP contribution in [0.1, 0.15) is 33.6 Å². The molecule has 0 aromatic rings. The van der Waals surface area contributed by atoms with Crippen LogP contribution < -0.4 is 33.2 Å². The van der Waals surface area contributed by atoms with E-state index in [0.717, 1.165) is 0 Å². The van der Waals surface area contributed by atoms with Gasteiger partial charge in [0.15, 0.2) is 5.96 Å². The lowest BCUT2D eigenvalue weighted by molar-refractivity contribution is -0.139. The summed E-state index contributed by atoms with van der Waals surface area (Å²) in [7, 11) is 0. The van der Waals surface area contributed by atoms with Crippen LogP contribution in [0.5, 0.6) is 0 Å². The topological polar surface area (TPSA) is 235 Å². The number of hydrogen-bond acceptors (Lipinski definition) is 7. The van der Waals surface area contributed by atoms with E-state index < -0.39 is 54.5 Å². The Morgan fingerprint density at radius 3 is 2.07 bits per heavy atom. The van der Waals surface area contributed by atoms with Gasteiger partial charge in [0.1, 0.15) is 18.6 Å². The average molecular weight is 431 g/mol. The van der Waals surface area contributed by atoms with Crippen LogP contribution in [-0.2, 0) is 19.2 Å². The maximum absolute atomic E-state index is 12.6. The molecule has 4 atom stereocenters. The lowest BCUT2D eigenvalue weighted by atomic mass is 10.0. The Hall–Kier alpha value is -2.93. The van der Waals surface area contributed by atoms with Gasteiger partial charge >= 0.3 is 5.97 Å². The van der Waals surface area contributed by atoms with Crippen LogP contribution in [-0.4, -0.2) is 77.2 Å². The minimum absolute atomic E-state index is 0.0833.